The topological polar surface area (TPSA) is 95.9 Å². The van der Waals surface area contributed by atoms with Gasteiger partial charge in [0.25, 0.3) is 5.91 Å². The number of aliphatic hydroxyl groups excluding tert-OH is 1. The molecule has 7 nitrogen and oxygen atoms in total. The van der Waals surface area contributed by atoms with Gasteiger partial charge in [0.1, 0.15) is 10.5 Å². The summed E-state index contributed by atoms with van der Waals surface area (Å²) in [5.41, 5.74) is 1.99. The van der Waals surface area contributed by atoms with Crippen LogP contribution >= 0.6 is 34.5 Å². The van der Waals surface area contributed by atoms with Crippen molar-refractivity contribution in [3.63, 3.8) is 0 Å². The van der Waals surface area contributed by atoms with Crippen LogP contribution in [0.2, 0.25) is 10.0 Å². The lowest BCUT2D eigenvalue weighted by Crippen LogP contribution is -2.55. The number of nitrogens with one attached hydrogen (secondary N) is 1. The molecule has 2 amide bonds. The summed E-state index contributed by atoms with van der Waals surface area (Å²) in [6.45, 7) is 5.80. The Labute approximate surface area is 266 Å². The van der Waals surface area contributed by atoms with Crippen molar-refractivity contribution in [2.45, 2.75) is 82.6 Å². The van der Waals surface area contributed by atoms with Gasteiger partial charge in [0.05, 0.1) is 24.1 Å². The Kier molecular flexibility index (Phi) is 9.52. The van der Waals surface area contributed by atoms with Gasteiger partial charge in [-0.05, 0) is 86.4 Å². The van der Waals surface area contributed by atoms with E-state index in [1.54, 1.807) is 41.3 Å². The van der Waals surface area contributed by atoms with Crippen LogP contribution in [0, 0.1) is 0 Å². The lowest BCUT2D eigenvalue weighted by Gasteiger charge is -2.48. The van der Waals surface area contributed by atoms with Crippen molar-refractivity contribution in [2.75, 3.05) is 6.54 Å². The van der Waals surface area contributed by atoms with E-state index in [0.29, 0.717) is 57.4 Å². The van der Waals surface area contributed by atoms with E-state index in [1.807, 2.05) is 38.3 Å². The highest BCUT2D eigenvalue weighted by Gasteiger charge is 2.48. The molecule has 2 N–H and O–H groups in total. The Hall–Kier alpha value is -2.91. The second-order valence-electron chi connectivity index (χ2n) is 12.2. The number of amides is 2. The highest BCUT2D eigenvalue weighted by atomic mass is 35.5. The number of carbonyl (C=O) groups is 3. The van der Waals surface area contributed by atoms with E-state index in [0.717, 1.165) is 18.4 Å². The molecule has 2 heterocycles. The maximum atomic E-state index is 14.1. The van der Waals surface area contributed by atoms with Crippen LogP contribution in [-0.4, -0.2) is 52.1 Å². The van der Waals surface area contributed by atoms with E-state index in [9.17, 15) is 19.5 Å². The number of hydrogen-bond donors (Lipinski definition) is 2. The zero-order chi connectivity index (χ0) is 30.9. The first kappa shape index (κ1) is 31.5. The van der Waals surface area contributed by atoms with E-state index in [-0.39, 0.29) is 17.8 Å². The summed E-state index contributed by atoms with van der Waals surface area (Å²) in [6.07, 6.45) is 2.76. The van der Waals surface area contributed by atoms with Crippen molar-refractivity contribution in [3.05, 3.63) is 91.1 Å². The molecule has 0 radical (unpaired) electrons. The molecule has 4 atom stereocenters. The molecule has 1 fully saturated rings. The van der Waals surface area contributed by atoms with Crippen LogP contribution in [0.25, 0.3) is 0 Å². The van der Waals surface area contributed by atoms with Crippen molar-refractivity contribution in [1.29, 1.82) is 0 Å². The molecule has 2 aliphatic rings. The highest BCUT2D eigenvalue weighted by Crippen LogP contribution is 2.47. The van der Waals surface area contributed by atoms with Crippen molar-refractivity contribution >= 4 is 52.3 Å². The molecule has 5 rings (SSSR count). The van der Waals surface area contributed by atoms with E-state index in [2.05, 4.69) is 5.32 Å². The predicted molar refractivity (Wildman–Crippen MR) is 169 cm³/mol. The number of hydrogen-bond acceptors (Lipinski definition) is 6. The van der Waals surface area contributed by atoms with Gasteiger partial charge in [-0.3, -0.25) is 9.59 Å². The van der Waals surface area contributed by atoms with Gasteiger partial charge in [-0.2, -0.15) is 0 Å². The number of benzene rings is 2. The van der Waals surface area contributed by atoms with Crippen LogP contribution in [0.5, 0.6) is 0 Å². The summed E-state index contributed by atoms with van der Waals surface area (Å²) in [5, 5.41) is 16.8. The number of rotatable bonds is 7. The van der Waals surface area contributed by atoms with Gasteiger partial charge in [-0.25, -0.2) is 4.79 Å². The lowest BCUT2D eigenvalue weighted by atomic mass is 9.76. The van der Waals surface area contributed by atoms with Gasteiger partial charge in [-0.15, -0.1) is 11.3 Å². The maximum Gasteiger partial charge on any atom is 0.348 e. The molecule has 0 saturated heterocycles. The van der Waals surface area contributed by atoms with Crippen molar-refractivity contribution < 1.29 is 24.2 Å². The van der Waals surface area contributed by atoms with Crippen LogP contribution in [-0.2, 0) is 16.0 Å². The first-order valence-electron chi connectivity index (χ1n) is 14.6. The Morgan fingerprint density at radius 3 is 2.53 bits per heavy atom. The van der Waals surface area contributed by atoms with E-state index >= 15 is 0 Å². The van der Waals surface area contributed by atoms with Crippen molar-refractivity contribution in [1.82, 2.24) is 10.2 Å². The van der Waals surface area contributed by atoms with Gasteiger partial charge in [-0.1, -0.05) is 60.3 Å². The van der Waals surface area contributed by atoms with Crippen LogP contribution in [0.3, 0.4) is 0 Å². The monoisotopic (exact) mass is 642 g/mol. The second kappa shape index (κ2) is 13.0. The summed E-state index contributed by atoms with van der Waals surface area (Å²) in [7, 11) is 0. The quantitative estimate of drug-likeness (QED) is 0.272. The molecule has 2 aromatic carbocycles. The SMILES string of the molecule is CC(C)(C)OC(=O)c1cc(CCNC(=O)[C@@H]2c3ccccc3C(=O)N([C@H]3CCCC[C@@H]3O)[C@H]2c2ccc(Cl)cc2Cl)cs1. The van der Waals surface area contributed by atoms with Crippen LogP contribution in [0.4, 0.5) is 0 Å². The summed E-state index contributed by atoms with van der Waals surface area (Å²) in [5.74, 6) is -1.63. The molecule has 0 unspecified atom stereocenters. The number of fused-ring (bicyclic) bond motifs is 1. The molecule has 1 aromatic heterocycles. The first-order valence-corrected chi connectivity index (χ1v) is 16.2. The van der Waals surface area contributed by atoms with E-state index in [1.165, 1.54) is 11.3 Å². The van der Waals surface area contributed by atoms with Crippen molar-refractivity contribution in [2.24, 2.45) is 0 Å². The fourth-order valence-corrected chi connectivity index (χ4v) is 7.41. The third-order valence-corrected chi connectivity index (χ3v) is 9.48. The zero-order valence-electron chi connectivity index (χ0n) is 24.4. The summed E-state index contributed by atoms with van der Waals surface area (Å²) < 4.78 is 5.47. The number of esters is 1. The zero-order valence-corrected chi connectivity index (χ0v) is 26.8. The minimum absolute atomic E-state index is 0.227. The molecule has 3 aromatic rings. The number of ether oxygens (including phenoxy) is 1. The third kappa shape index (κ3) is 6.93. The third-order valence-electron chi connectivity index (χ3n) is 7.96. The minimum Gasteiger partial charge on any atom is -0.456 e. The van der Waals surface area contributed by atoms with Crippen LogP contribution < -0.4 is 5.32 Å². The summed E-state index contributed by atoms with van der Waals surface area (Å²) in [4.78, 5) is 42.9. The molecular weight excluding hydrogens is 607 g/mol. The summed E-state index contributed by atoms with van der Waals surface area (Å²) in [6, 6.07) is 12.8. The number of halogens is 2. The van der Waals surface area contributed by atoms with Gasteiger partial charge < -0.3 is 20.1 Å². The Bertz CT molecular complexity index is 1520. The Morgan fingerprint density at radius 1 is 1.07 bits per heavy atom. The average Bonchev–Trinajstić information content (AvgIpc) is 3.42. The first-order chi connectivity index (χ1) is 20.4. The number of thiophene rings is 1. The van der Waals surface area contributed by atoms with E-state index in [4.69, 9.17) is 27.9 Å². The molecule has 0 spiro atoms. The van der Waals surface area contributed by atoms with Crippen molar-refractivity contribution in [3.8, 4) is 0 Å². The largest absolute Gasteiger partial charge is 0.456 e. The minimum atomic E-state index is -0.776. The van der Waals surface area contributed by atoms with Crippen LogP contribution in [0.1, 0.15) is 95.1 Å². The molecular formula is C33H36Cl2N2O5S. The predicted octanol–water partition coefficient (Wildman–Crippen LogP) is 6.95. The van der Waals surface area contributed by atoms with Gasteiger partial charge in [0, 0.05) is 22.2 Å². The van der Waals surface area contributed by atoms with E-state index < -0.39 is 29.7 Å². The molecule has 10 heteroatoms. The fraction of sp³-hybridized carbons (Fsp3) is 0.424. The molecule has 1 saturated carbocycles. The smallest absolute Gasteiger partial charge is 0.348 e. The van der Waals surface area contributed by atoms with Crippen LogP contribution in [0.15, 0.2) is 53.9 Å². The lowest BCUT2D eigenvalue weighted by molar-refractivity contribution is -0.125. The standard InChI is InChI=1S/C33H36Cl2N2O5S/c1-33(2,3)42-32(41)27-16-19(18-43-27)14-15-36-30(39)28-21-8-4-5-9-22(21)31(40)37(25-10-6-7-11-26(25)38)29(28)23-13-12-20(34)17-24(23)35/h4-5,8-9,12-13,16-18,25-26,28-29,38H,6-7,10-11,14-15H2,1-3H3,(H,36,39)/t25-,26-,28+,29-/m0/s1. The molecule has 1 aliphatic carbocycles. The number of nitrogens with zero attached hydrogens (tertiary/aromatic N) is 1. The maximum absolute atomic E-state index is 14.1. The van der Waals surface area contributed by atoms with Gasteiger partial charge >= 0.3 is 5.97 Å². The summed E-state index contributed by atoms with van der Waals surface area (Å²) >= 11 is 14.3. The molecule has 0 bridgehead atoms. The number of aliphatic hydroxyl groups is 1. The molecule has 1 aliphatic heterocycles. The fourth-order valence-electron chi connectivity index (χ4n) is 6.07. The van der Waals surface area contributed by atoms with Gasteiger partial charge in [0.2, 0.25) is 5.91 Å². The second-order valence-corrected chi connectivity index (χ2v) is 13.9. The highest BCUT2D eigenvalue weighted by molar-refractivity contribution is 7.12. The molecule has 228 valence electrons. The number of carbonyl (C=O) groups excluding carboxylic acids is 3. The Balaban J connectivity index is 1.45. The normalized spacial score (nSPS) is 22.2. The van der Waals surface area contributed by atoms with Gasteiger partial charge in [0.15, 0.2) is 0 Å². The molecule has 43 heavy (non-hydrogen) atoms. The Morgan fingerprint density at radius 2 is 1.81 bits per heavy atom. The average molecular weight is 644 g/mol.